The van der Waals surface area contributed by atoms with E-state index in [0.717, 1.165) is 31.2 Å². The van der Waals surface area contributed by atoms with E-state index in [4.69, 9.17) is 14.6 Å². The molecule has 0 bridgehead atoms. The molecule has 1 fully saturated rings. The second-order valence-corrected chi connectivity index (χ2v) is 5.65. The Kier molecular flexibility index (Phi) is 5.98. The van der Waals surface area contributed by atoms with Crippen molar-refractivity contribution in [2.24, 2.45) is 0 Å². The minimum absolute atomic E-state index is 0.0753. The Morgan fingerprint density at radius 2 is 2.04 bits per heavy atom. The Bertz CT molecular complexity index is 552. The number of hydrogen-bond donors (Lipinski definition) is 2. The van der Waals surface area contributed by atoms with E-state index in [1.807, 2.05) is 13.0 Å². The third kappa shape index (κ3) is 4.69. The van der Waals surface area contributed by atoms with Gasteiger partial charge in [-0.1, -0.05) is 12.1 Å². The summed E-state index contributed by atoms with van der Waals surface area (Å²) in [5.41, 5.74) is 0.164. The van der Waals surface area contributed by atoms with Gasteiger partial charge in [-0.15, -0.1) is 0 Å². The maximum atomic E-state index is 12.5. The fraction of sp³-hybridized carbons (Fsp3) is 0.529. The topological polar surface area (TPSA) is 84.9 Å². The van der Waals surface area contributed by atoms with Gasteiger partial charge < -0.3 is 19.9 Å². The van der Waals surface area contributed by atoms with Crippen LogP contribution in [0.5, 0.6) is 5.75 Å². The van der Waals surface area contributed by atoms with Gasteiger partial charge in [0.1, 0.15) is 11.4 Å². The van der Waals surface area contributed by atoms with Crippen LogP contribution in [0.3, 0.4) is 0 Å². The van der Waals surface area contributed by atoms with Crippen molar-refractivity contribution in [1.29, 1.82) is 0 Å². The van der Waals surface area contributed by atoms with Crippen LogP contribution < -0.4 is 10.1 Å². The van der Waals surface area contributed by atoms with E-state index in [1.54, 1.807) is 18.2 Å². The molecule has 23 heavy (non-hydrogen) atoms. The Morgan fingerprint density at radius 1 is 1.30 bits per heavy atom. The van der Waals surface area contributed by atoms with Crippen molar-refractivity contribution >= 4 is 11.9 Å². The van der Waals surface area contributed by atoms with Crippen LogP contribution >= 0.6 is 0 Å². The minimum atomic E-state index is -1.02. The Balaban J connectivity index is 1.93. The van der Waals surface area contributed by atoms with Gasteiger partial charge in [-0.3, -0.25) is 4.79 Å². The first-order chi connectivity index (χ1) is 11.1. The number of carbonyl (C=O) groups excluding carboxylic acids is 1. The molecule has 1 aliphatic rings. The first-order valence-corrected chi connectivity index (χ1v) is 7.91. The zero-order valence-electron chi connectivity index (χ0n) is 13.3. The van der Waals surface area contributed by atoms with Crippen LogP contribution in [0, 0.1) is 0 Å². The van der Waals surface area contributed by atoms with E-state index < -0.39 is 11.6 Å². The highest BCUT2D eigenvalue weighted by Crippen LogP contribution is 2.33. The van der Waals surface area contributed by atoms with Crippen LogP contribution in [0.1, 0.15) is 38.2 Å². The summed E-state index contributed by atoms with van der Waals surface area (Å²) >= 11 is 0. The first-order valence-electron chi connectivity index (χ1n) is 7.91. The standard InChI is InChI=1S/C17H23NO5/c1-2-23-17(8-3-4-9-17)16(21)18-11-13-6-5-7-14(10-13)22-12-15(19)20/h5-7,10H,2-4,8-9,11-12H2,1H3,(H,18,21)(H,19,20). The van der Waals surface area contributed by atoms with Crippen molar-refractivity contribution in [3.63, 3.8) is 0 Å². The van der Waals surface area contributed by atoms with Gasteiger partial charge in [0, 0.05) is 13.2 Å². The smallest absolute Gasteiger partial charge is 0.341 e. The molecule has 0 unspecified atom stereocenters. The average Bonchev–Trinajstić information content (AvgIpc) is 3.01. The van der Waals surface area contributed by atoms with Crippen LogP contribution in [0.4, 0.5) is 0 Å². The predicted molar refractivity (Wildman–Crippen MR) is 84.2 cm³/mol. The molecule has 0 aliphatic heterocycles. The highest BCUT2D eigenvalue weighted by atomic mass is 16.5. The van der Waals surface area contributed by atoms with Crippen LogP contribution in [-0.2, 0) is 20.9 Å². The monoisotopic (exact) mass is 321 g/mol. The number of aliphatic carboxylic acids is 1. The summed E-state index contributed by atoms with van der Waals surface area (Å²) in [6.45, 7) is 2.39. The van der Waals surface area contributed by atoms with Gasteiger partial charge in [0.25, 0.3) is 5.91 Å². The van der Waals surface area contributed by atoms with E-state index in [1.165, 1.54) is 0 Å². The number of carbonyl (C=O) groups is 2. The summed E-state index contributed by atoms with van der Waals surface area (Å²) < 4.78 is 10.9. The van der Waals surface area contributed by atoms with Crippen molar-refractivity contribution in [2.75, 3.05) is 13.2 Å². The van der Waals surface area contributed by atoms with E-state index >= 15 is 0 Å². The SMILES string of the molecule is CCOC1(C(=O)NCc2cccc(OCC(=O)O)c2)CCCC1. The van der Waals surface area contributed by atoms with Gasteiger partial charge in [0.15, 0.2) is 6.61 Å². The number of carboxylic acid groups (broad SMARTS) is 1. The highest BCUT2D eigenvalue weighted by Gasteiger charge is 2.41. The summed E-state index contributed by atoms with van der Waals surface area (Å²) in [6, 6.07) is 7.04. The fourth-order valence-corrected chi connectivity index (χ4v) is 2.89. The molecule has 0 spiro atoms. The number of rotatable bonds is 8. The predicted octanol–water partition coefficient (Wildman–Crippen LogP) is 2.12. The molecule has 1 amide bonds. The molecule has 0 radical (unpaired) electrons. The van der Waals surface area contributed by atoms with Gasteiger partial charge in [-0.25, -0.2) is 4.79 Å². The average molecular weight is 321 g/mol. The lowest BCUT2D eigenvalue weighted by Gasteiger charge is -2.27. The Labute approximate surface area is 135 Å². The zero-order valence-corrected chi connectivity index (χ0v) is 13.3. The van der Waals surface area contributed by atoms with Crippen molar-refractivity contribution in [3.05, 3.63) is 29.8 Å². The molecule has 2 N–H and O–H groups in total. The number of hydrogen-bond acceptors (Lipinski definition) is 4. The first kappa shape index (κ1) is 17.3. The third-order valence-corrected chi connectivity index (χ3v) is 3.96. The lowest BCUT2D eigenvalue weighted by molar-refractivity contribution is -0.146. The molecule has 126 valence electrons. The van der Waals surface area contributed by atoms with E-state index in [-0.39, 0.29) is 12.5 Å². The number of benzene rings is 1. The summed E-state index contributed by atoms with van der Waals surface area (Å²) in [4.78, 5) is 23.0. The van der Waals surface area contributed by atoms with Gasteiger partial charge in [0.05, 0.1) is 0 Å². The summed E-state index contributed by atoms with van der Waals surface area (Å²) in [6.07, 6.45) is 3.53. The van der Waals surface area contributed by atoms with Crippen molar-refractivity contribution in [1.82, 2.24) is 5.32 Å². The van der Waals surface area contributed by atoms with Gasteiger partial charge in [-0.2, -0.15) is 0 Å². The maximum Gasteiger partial charge on any atom is 0.341 e. The molecule has 1 aromatic rings. The molecule has 0 saturated heterocycles. The Hall–Kier alpha value is -2.08. The quantitative estimate of drug-likeness (QED) is 0.766. The summed E-state index contributed by atoms with van der Waals surface area (Å²) in [5.74, 6) is -0.628. The number of nitrogens with one attached hydrogen (secondary N) is 1. The van der Waals surface area contributed by atoms with E-state index in [2.05, 4.69) is 5.32 Å². The molecule has 1 saturated carbocycles. The number of carboxylic acids is 1. The van der Waals surface area contributed by atoms with Crippen molar-refractivity contribution < 1.29 is 24.2 Å². The van der Waals surface area contributed by atoms with Crippen molar-refractivity contribution in [3.8, 4) is 5.75 Å². The lowest BCUT2D eigenvalue weighted by atomic mass is 10.0. The number of ether oxygens (including phenoxy) is 2. The largest absolute Gasteiger partial charge is 0.482 e. The molecule has 2 rings (SSSR count). The molecule has 0 aromatic heterocycles. The van der Waals surface area contributed by atoms with Gasteiger partial charge >= 0.3 is 5.97 Å². The molecule has 6 nitrogen and oxygen atoms in total. The third-order valence-electron chi connectivity index (χ3n) is 3.96. The van der Waals surface area contributed by atoms with Crippen LogP contribution in [0.15, 0.2) is 24.3 Å². The van der Waals surface area contributed by atoms with E-state index in [9.17, 15) is 9.59 Å². The molecular weight excluding hydrogens is 298 g/mol. The molecule has 0 heterocycles. The Morgan fingerprint density at radius 3 is 2.70 bits per heavy atom. The van der Waals surface area contributed by atoms with Crippen molar-refractivity contribution in [2.45, 2.75) is 44.8 Å². The minimum Gasteiger partial charge on any atom is -0.482 e. The van der Waals surface area contributed by atoms with E-state index in [0.29, 0.717) is 18.9 Å². The molecular formula is C17H23NO5. The second-order valence-electron chi connectivity index (χ2n) is 5.65. The van der Waals surface area contributed by atoms with Gasteiger partial charge in [-0.05, 0) is 50.3 Å². The zero-order chi connectivity index (χ0) is 16.7. The van der Waals surface area contributed by atoms with Crippen LogP contribution in [0.25, 0.3) is 0 Å². The highest BCUT2D eigenvalue weighted by molar-refractivity contribution is 5.85. The summed E-state index contributed by atoms with van der Waals surface area (Å²) in [7, 11) is 0. The maximum absolute atomic E-state index is 12.5. The van der Waals surface area contributed by atoms with Crippen LogP contribution in [-0.4, -0.2) is 35.8 Å². The molecule has 6 heteroatoms. The normalized spacial score (nSPS) is 16.0. The summed E-state index contributed by atoms with van der Waals surface area (Å²) in [5, 5.41) is 11.5. The lowest BCUT2D eigenvalue weighted by Crippen LogP contribution is -2.46. The molecule has 1 aliphatic carbocycles. The fourth-order valence-electron chi connectivity index (χ4n) is 2.89. The van der Waals surface area contributed by atoms with Crippen LogP contribution in [0.2, 0.25) is 0 Å². The van der Waals surface area contributed by atoms with Gasteiger partial charge in [0.2, 0.25) is 0 Å². The molecule has 1 aromatic carbocycles. The molecule has 0 atom stereocenters. The number of amides is 1. The second kappa shape index (κ2) is 7.97.